The first-order valence-corrected chi connectivity index (χ1v) is 7.97. The molecular weight excluding hydrogens is 304 g/mol. The predicted octanol–water partition coefficient (Wildman–Crippen LogP) is 3.10. The highest BCUT2D eigenvalue weighted by Gasteiger charge is 2.10. The number of pyridine rings is 1. The van der Waals surface area contributed by atoms with Gasteiger partial charge in [0.2, 0.25) is 0 Å². The SMILES string of the molecule is CCCNC(=O)c1ccc(NC(=O)N[C@H](C)c2ccccn2)cc1. The Hall–Kier alpha value is -2.89. The molecule has 3 amide bonds. The van der Waals surface area contributed by atoms with Crippen molar-refractivity contribution in [2.75, 3.05) is 11.9 Å². The van der Waals surface area contributed by atoms with Crippen molar-refractivity contribution in [2.24, 2.45) is 0 Å². The third kappa shape index (κ3) is 5.08. The Morgan fingerprint density at radius 2 is 1.88 bits per heavy atom. The number of nitrogens with zero attached hydrogens (tertiary/aromatic N) is 1. The number of benzene rings is 1. The minimum atomic E-state index is -0.323. The van der Waals surface area contributed by atoms with E-state index < -0.39 is 0 Å². The first-order valence-electron chi connectivity index (χ1n) is 7.97. The van der Waals surface area contributed by atoms with Gasteiger partial charge in [0.15, 0.2) is 0 Å². The molecule has 0 unspecified atom stereocenters. The summed E-state index contributed by atoms with van der Waals surface area (Å²) in [7, 11) is 0. The van der Waals surface area contributed by atoms with E-state index in [1.165, 1.54) is 0 Å². The molecule has 24 heavy (non-hydrogen) atoms. The second kappa shape index (κ2) is 8.67. The van der Waals surface area contributed by atoms with Gasteiger partial charge in [0.05, 0.1) is 11.7 Å². The van der Waals surface area contributed by atoms with E-state index in [0.29, 0.717) is 17.8 Å². The molecule has 0 saturated heterocycles. The number of carbonyl (C=O) groups excluding carboxylic acids is 2. The second-order valence-electron chi connectivity index (χ2n) is 5.41. The molecule has 0 bridgehead atoms. The summed E-state index contributed by atoms with van der Waals surface area (Å²) in [6, 6.07) is 11.8. The molecule has 0 radical (unpaired) electrons. The van der Waals surface area contributed by atoms with E-state index in [1.54, 1.807) is 30.5 Å². The van der Waals surface area contributed by atoms with Crippen LogP contribution in [-0.2, 0) is 0 Å². The van der Waals surface area contributed by atoms with Crippen LogP contribution in [0.2, 0.25) is 0 Å². The van der Waals surface area contributed by atoms with E-state index in [2.05, 4.69) is 20.9 Å². The molecule has 3 N–H and O–H groups in total. The van der Waals surface area contributed by atoms with Gasteiger partial charge in [-0.25, -0.2) is 4.79 Å². The van der Waals surface area contributed by atoms with Gasteiger partial charge in [0.1, 0.15) is 0 Å². The number of hydrogen-bond donors (Lipinski definition) is 3. The van der Waals surface area contributed by atoms with Crippen molar-refractivity contribution < 1.29 is 9.59 Å². The fraction of sp³-hybridized carbons (Fsp3) is 0.278. The molecular formula is C18H22N4O2. The molecule has 1 aromatic carbocycles. The molecule has 1 heterocycles. The number of hydrogen-bond acceptors (Lipinski definition) is 3. The summed E-state index contributed by atoms with van der Waals surface area (Å²) in [4.78, 5) is 28.1. The largest absolute Gasteiger partial charge is 0.352 e. The average molecular weight is 326 g/mol. The van der Waals surface area contributed by atoms with Crippen molar-refractivity contribution >= 4 is 17.6 Å². The Balaban J connectivity index is 1.89. The van der Waals surface area contributed by atoms with Crippen LogP contribution in [0.4, 0.5) is 10.5 Å². The highest BCUT2D eigenvalue weighted by atomic mass is 16.2. The molecule has 1 aromatic heterocycles. The number of nitrogens with one attached hydrogen (secondary N) is 3. The lowest BCUT2D eigenvalue weighted by molar-refractivity contribution is 0.0953. The van der Waals surface area contributed by atoms with Gasteiger partial charge in [-0.05, 0) is 49.7 Å². The summed E-state index contributed by atoms with van der Waals surface area (Å²) in [5.74, 6) is -0.114. The van der Waals surface area contributed by atoms with Crippen LogP contribution in [0.5, 0.6) is 0 Å². The van der Waals surface area contributed by atoms with Crippen molar-refractivity contribution in [3.8, 4) is 0 Å². The van der Waals surface area contributed by atoms with Crippen LogP contribution in [0.3, 0.4) is 0 Å². The lowest BCUT2D eigenvalue weighted by atomic mass is 10.2. The zero-order valence-corrected chi connectivity index (χ0v) is 13.9. The molecule has 0 fully saturated rings. The monoisotopic (exact) mass is 326 g/mol. The summed E-state index contributed by atoms with van der Waals surface area (Å²) in [5.41, 5.74) is 1.97. The lowest BCUT2D eigenvalue weighted by Gasteiger charge is -2.14. The van der Waals surface area contributed by atoms with Crippen LogP contribution in [0.25, 0.3) is 0 Å². The number of rotatable bonds is 6. The quantitative estimate of drug-likeness (QED) is 0.763. The highest BCUT2D eigenvalue weighted by molar-refractivity contribution is 5.95. The maximum Gasteiger partial charge on any atom is 0.319 e. The zero-order valence-electron chi connectivity index (χ0n) is 13.9. The normalized spacial score (nSPS) is 11.4. The van der Waals surface area contributed by atoms with E-state index in [0.717, 1.165) is 12.1 Å². The number of anilines is 1. The Morgan fingerprint density at radius 3 is 2.50 bits per heavy atom. The molecule has 1 atom stereocenters. The van der Waals surface area contributed by atoms with E-state index in [-0.39, 0.29) is 18.0 Å². The molecule has 126 valence electrons. The number of amides is 3. The smallest absolute Gasteiger partial charge is 0.319 e. The Kier molecular flexibility index (Phi) is 6.31. The molecule has 0 saturated carbocycles. The number of carbonyl (C=O) groups is 2. The van der Waals surface area contributed by atoms with Crippen molar-refractivity contribution in [1.29, 1.82) is 0 Å². The third-order valence-electron chi connectivity index (χ3n) is 3.42. The van der Waals surface area contributed by atoms with Gasteiger partial charge in [-0.15, -0.1) is 0 Å². The number of urea groups is 1. The first kappa shape index (κ1) is 17.5. The Bertz CT molecular complexity index is 671. The lowest BCUT2D eigenvalue weighted by Crippen LogP contribution is -2.31. The molecule has 2 rings (SSSR count). The highest BCUT2D eigenvalue weighted by Crippen LogP contribution is 2.11. The summed E-state index contributed by atoms with van der Waals surface area (Å²) in [5, 5.41) is 8.37. The van der Waals surface area contributed by atoms with Crippen molar-refractivity contribution in [3.63, 3.8) is 0 Å². The molecule has 0 spiro atoms. The van der Waals surface area contributed by atoms with Crippen molar-refractivity contribution in [3.05, 3.63) is 59.9 Å². The van der Waals surface area contributed by atoms with Crippen molar-refractivity contribution in [1.82, 2.24) is 15.6 Å². The summed E-state index contributed by atoms with van der Waals surface area (Å²) < 4.78 is 0. The predicted molar refractivity (Wildman–Crippen MR) is 93.9 cm³/mol. The average Bonchev–Trinajstić information content (AvgIpc) is 2.61. The summed E-state index contributed by atoms with van der Waals surface area (Å²) in [6.45, 7) is 4.51. The van der Waals surface area contributed by atoms with E-state index in [1.807, 2.05) is 32.0 Å². The van der Waals surface area contributed by atoms with Crippen LogP contribution < -0.4 is 16.0 Å². The van der Waals surface area contributed by atoms with E-state index in [9.17, 15) is 9.59 Å². The minimum Gasteiger partial charge on any atom is -0.352 e. The summed E-state index contributed by atoms with van der Waals surface area (Å²) in [6.07, 6.45) is 2.58. The van der Waals surface area contributed by atoms with Crippen LogP contribution in [0.15, 0.2) is 48.7 Å². The van der Waals surface area contributed by atoms with E-state index >= 15 is 0 Å². The fourth-order valence-electron chi connectivity index (χ4n) is 2.12. The molecule has 6 nitrogen and oxygen atoms in total. The first-order chi connectivity index (χ1) is 11.6. The van der Waals surface area contributed by atoms with E-state index in [4.69, 9.17) is 0 Å². The van der Waals surface area contributed by atoms with Crippen LogP contribution in [0.1, 0.15) is 42.4 Å². The van der Waals surface area contributed by atoms with Crippen LogP contribution >= 0.6 is 0 Å². The van der Waals surface area contributed by atoms with Gasteiger partial charge < -0.3 is 16.0 Å². The topological polar surface area (TPSA) is 83.1 Å². The molecule has 0 aliphatic carbocycles. The Morgan fingerprint density at radius 1 is 1.12 bits per heavy atom. The fourth-order valence-corrected chi connectivity index (χ4v) is 2.12. The third-order valence-corrected chi connectivity index (χ3v) is 3.42. The zero-order chi connectivity index (χ0) is 17.4. The number of aromatic nitrogens is 1. The van der Waals surface area contributed by atoms with Crippen LogP contribution in [0, 0.1) is 0 Å². The van der Waals surface area contributed by atoms with Gasteiger partial charge in [-0.2, -0.15) is 0 Å². The van der Waals surface area contributed by atoms with Crippen LogP contribution in [-0.4, -0.2) is 23.5 Å². The van der Waals surface area contributed by atoms with Gasteiger partial charge in [0.25, 0.3) is 5.91 Å². The van der Waals surface area contributed by atoms with Gasteiger partial charge in [-0.1, -0.05) is 13.0 Å². The second-order valence-corrected chi connectivity index (χ2v) is 5.41. The van der Waals surface area contributed by atoms with Gasteiger partial charge >= 0.3 is 6.03 Å². The molecule has 2 aromatic rings. The van der Waals surface area contributed by atoms with Gasteiger partial charge in [0, 0.05) is 24.0 Å². The summed E-state index contributed by atoms with van der Waals surface area (Å²) >= 11 is 0. The molecule has 0 aliphatic heterocycles. The Labute approximate surface area is 141 Å². The van der Waals surface area contributed by atoms with Gasteiger partial charge in [-0.3, -0.25) is 9.78 Å². The molecule has 6 heteroatoms. The van der Waals surface area contributed by atoms with Crippen molar-refractivity contribution in [2.45, 2.75) is 26.3 Å². The minimum absolute atomic E-state index is 0.114. The maximum absolute atomic E-state index is 12.0. The molecule has 0 aliphatic rings. The standard InChI is InChI=1S/C18H22N4O2/c1-3-11-20-17(23)14-7-9-15(10-8-14)22-18(24)21-13(2)16-6-4-5-12-19-16/h4-10,12-13H,3,11H2,1-2H3,(H,20,23)(H2,21,22,24)/t13-/m1/s1. The maximum atomic E-state index is 12.0.